The monoisotopic (exact) mass is 477 g/mol. The SMILES string of the molecule is COC(=O)[C@@H]1C(=O)NC(SCC(=O)Nc2ccccc2C)=C(C#N)[C@H]1c1ccc(C(C)C)cc1. The molecule has 2 aromatic rings. The first-order chi connectivity index (χ1) is 16.3. The van der Waals surface area contributed by atoms with Crippen molar-refractivity contribution >= 4 is 35.2 Å². The quantitative estimate of drug-likeness (QED) is 0.456. The topological polar surface area (TPSA) is 108 Å². The Morgan fingerprint density at radius 3 is 2.44 bits per heavy atom. The molecule has 2 aromatic carbocycles. The van der Waals surface area contributed by atoms with Gasteiger partial charge in [0.1, 0.15) is 5.92 Å². The van der Waals surface area contributed by atoms with Gasteiger partial charge in [-0.3, -0.25) is 14.4 Å². The number of ether oxygens (including phenoxy) is 1. The number of hydrogen-bond donors (Lipinski definition) is 2. The second kappa shape index (κ2) is 11.0. The molecular weight excluding hydrogens is 450 g/mol. The zero-order valence-corrected chi connectivity index (χ0v) is 20.4. The van der Waals surface area contributed by atoms with Gasteiger partial charge in [-0.15, -0.1) is 0 Å². The highest BCUT2D eigenvalue weighted by Gasteiger charge is 2.44. The molecule has 0 unspecified atom stereocenters. The number of rotatable bonds is 7. The van der Waals surface area contributed by atoms with Gasteiger partial charge >= 0.3 is 5.97 Å². The van der Waals surface area contributed by atoms with Crippen LogP contribution in [0.4, 0.5) is 5.69 Å². The van der Waals surface area contributed by atoms with E-state index in [1.165, 1.54) is 7.11 Å². The lowest BCUT2D eigenvalue weighted by Crippen LogP contribution is -2.44. The van der Waals surface area contributed by atoms with Crippen molar-refractivity contribution in [2.24, 2.45) is 5.92 Å². The Morgan fingerprint density at radius 1 is 1.18 bits per heavy atom. The lowest BCUT2D eigenvalue weighted by Gasteiger charge is -2.31. The zero-order chi connectivity index (χ0) is 24.8. The molecule has 3 rings (SSSR count). The molecule has 0 saturated heterocycles. The van der Waals surface area contributed by atoms with E-state index in [0.29, 0.717) is 17.2 Å². The van der Waals surface area contributed by atoms with Crippen molar-refractivity contribution < 1.29 is 19.1 Å². The number of thioether (sulfide) groups is 1. The summed E-state index contributed by atoms with van der Waals surface area (Å²) in [5.41, 5.74) is 3.61. The van der Waals surface area contributed by atoms with Crippen LogP contribution in [-0.4, -0.2) is 30.6 Å². The maximum absolute atomic E-state index is 12.9. The second-order valence-electron chi connectivity index (χ2n) is 8.30. The molecule has 0 spiro atoms. The number of carbonyl (C=O) groups is 3. The van der Waals surface area contributed by atoms with Crippen molar-refractivity contribution in [2.75, 3.05) is 18.2 Å². The number of hydrogen-bond acceptors (Lipinski definition) is 6. The second-order valence-corrected chi connectivity index (χ2v) is 9.28. The number of methoxy groups -OCH3 is 1. The van der Waals surface area contributed by atoms with Crippen LogP contribution in [0.15, 0.2) is 59.1 Å². The number of aryl methyl sites for hydroxylation is 1. The minimum Gasteiger partial charge on any atom is -0.468 e. The van der Waals surface area contributed by atoms with E-state index in [9.17, 15) is 19.6 Å². The number of nitrogens with zero attached hydrogens (tertiary/aromatic N) is 1. The molecule has 2 amide bonds. The zero-order valence-electron chi connectivity index (χ0n) is 19.5. The van der Waals surface area contributed by atoms with Crippen LogP contribution < -0.4 is 10.6 Å². The molecule has 0 saturated carbocycles. The summed E-state index contributed by atoms with van der Waals surface area (Å²) in [4.78, 5) is 38.0. The molecule has 1 aliphatic rings. The summed E-state index contributed by atoms with van der Waals surface area (Å²) in [6.07, 6.45) is 0. The first-order valence-corrected chi connectivity index (χ1v) is 11.9. The van der Waals surface area contributed by atoms with E-state index in [2.05, 4.69) is 30.6 Å². The van der Waals surface area contributed by atoms with E-state index in [1.807, 2.05) is 49.4 Å². The first kappa shape index (κ1) is 25.1. The van der Waals surface area contributed by atoms with Crippen LogP contribution in [-0.2, 0) is 19.1 Å². The van der Waals surface area contributed by atoms with Crippen molar-refractivity contribution in [1.29, 1.82) is 5.26 Å². The Balaban J connectivity index is 1.91. The fourth-order valence-corrected chi connectivity index (χ4v) is 4.65. The van der Waals surface area contributed by atoms with Crippen LogP contribution in [0.5, 0.6) is 0 Å². The Hall–Kier alpha value is -3.57. The normalized spacial score (nSPS) is 17.7. The van der Waals surface area contributed by atoms with Gasteiger partial charge in [0.2, 0.25) is 11.8 Å². The fraction of sp³-hybridized carbons (Fsp3) is 0.308. The molecule has 8 heteroatoms. The number of esters is 1. The summed E-state index contributed by atoms with van der Waals surface area (Å²) in [5, 5.41) is 15.8. The van der Waals surface area contributed by atoms with E-state index in [-0.39, 0.29) is 22.3 Å². The van der Waals surface area contributed by atoms with Crippen LogP contribution in [0.2, 0.25) is 0 Å². The van der Waals surface area contributed by atoms with Crippen LogP contribution in [0.1, 0.15) is 42.4 Å². The van der Waals surface area contributed by atoms with Crippen molar-refractivity contribution in [3.8, 4) is 6.07 Å². The third-order valence-corrected chi connectivity index (χ3v) is 6.73. The summed E-state index contributed by atoms with van der Waals surface area (Å²) in [6.45, 7) is 6.03. The molecule has 0 aliphatic carbocycles. The Kier molecular flexibility index (Phi) is 8.13. The highest BCUT2D eigenvalue weighted by molar-refractivity contribution is 8.03. The van der Waals surface area contributed by atoms with Crippen molar-refractivity contribution in [3.63, 3.8) is 0 Å². The first-order valence-electron chi connectivity index (χ1n) is 10.9. The number of nitriles is 1. The van der Waals surface area contributed by atoms with Crippen LogP contribution in [0.3, 0.4) is 0 Å². The molecule has 2 N–H and O–H groups in total. The van der Waals surface area contributed by atoms with Crippen molar-refractivity contribution in [2.45, 2.75) is 32.6 Å². The largest absolute Gasteiger partial charge is 0.468 e. The van der Waals surface area contributed by atoms with Crippen LogP contribution >= 0.6 is 11.8 Å². The average Bonchev–Trinajstić information content (AvgIpc) is 2.83. The molecular formula is C26H27N3O4S. The summed E-state index contributed by atoms with van der Waals surface area (Å²) < 4.78 is 4.87. The minimum atomic E-state index is -1.20. The summed E-state index contributed by atoms with van der Waals surface area (Å²) in [7, 11) is 1.21. The van der Waals surface area contributed by atoms with Gasteiger partial charge in [-0.25, -0.2) is 0 Å². The maximum atomic E-state index is 12.9. The predicted octanol–water partition coefficient (Wildman–Crippen LogP) is 4.23. The number of amides is 2. The number of allylic oxidation sites excluding steroid dienone is 1. The molecule has 0 bridgehead atoms. The third-order valence-electron chi connectivity index (χ3n) is 5.71. The standard InChI is InChI=1S/C26H27N3O4S/c1-15(2)17-9-11-18(12-10-17)22-19(13-27)25(29-24(31)23(22)26(32)33-4)34-14-21(30)28-20-8-6-5-7-16(20)3/h5-12,15,22-23H,14H2,1-4H3,(H,28,30)(H,29,31)/t22-,23+/m1/s1. The van der Waals surface area contributed by atoms with Crippen molar-refractivity contribution in [3.05, 3.63) is 75.8 Å². The van der Waals surface area contributed by atoms with Crippen molar-refractivity contribution in [1.82, 2.24) is 5.32 Å². The van der Waals surface area contributed by atoms with Gasteiger partial charge in [0, 0.05) is 11.6 Å². The van der Waals surface area contributed by atoms with Crippen LogP contribution in [0, 0.1) is 24.2 Å². The summed E-state index contributed by atoms with van der Waals surface area (Å²) in [6, 6.07) is 17.1. The van der Waals surface area contributed by atoms with Gasteiger partial charge in [0.05, 0.1) is 29.5 Å². The Morgan fingerprint density at radius 2 is 1.85 bits per heavy atom. The number of benzene rings is 2. The smallest absolute Gasteiger partial charge is 0.319 e. The lowest BCUT2D eigenvalue weighted by atomic mass is 9.78. The molecule has 0 aromatic heterocycles. The van der Waals surface area contributed by atoms with E-state index >= 15 is 0 Å². The van der Waals surface area contributed by atoms with Gasteiger partial charge in [0.25, 0.3) is 0 Å². The highest BCUT2D eigenvalue weighted by atomic mass is 32.2. The Labute approximate surface area is 203 Å². The molecule has 0 fully saturated rings. The highest BCUT2D eigenvalue weighted by Crippen LogP contribution is 2.40. The third kappa shape index (κ3) is 5.49. The molecule has 2 atom stereocenters. The lowest BCUT2D eigenvalue weighted by molar-refractivity contribution is -0.150. The van der Waals surface area contributed by atoms with E-state index in [0.717, 1.165) is 22.9 Å². The van der Waals surface area contributed by atoms with E-state index in [1.54, 1.807) is 6.07 Å². The van der Waals surface area contributed by atoms with E-state index in [4.69, 9.17) is 4.74 Å². The van der Waals surface area contributed by atoms with Crippen LogP contribution in [0.25, 0.3) is 0 Å². The molecule has 1 heterocycles. The molecule has 176 valence electrons. The Bertz CT molecular complexity index is 1170. The summed E-state index contributed by atoms with van der Waals surface area (Å²) in [5.74, 6) is -3.27. The van der Waals surface area contributed by atoms with Gasteiger partial charge in [-0.1, -0.05) is 68.1 Å². The van der Waals surface area contributed by atoms with Gasteiger partial charge in [-0.05, 0) is 35.6 Å². The number of anilines is 1. The number of carbonyl (C=O) groups excluding carboxylic acids is 3. The average molecular weight is 478 g/mol. The molecule has 1 aliphatic heterocycles. The minimum absolute atomic E-state index is 0.0168. The molecule has 7 nitrogen and oxygen atoms in total. The fourth-order valence-electron chi connectivity index (χ4n) is 3.81. The molecule has 34 heavy (non-hydrogen) atoms. The maximum Gasteiger partial charge on any atom is 0.319 e. The number of para-hydroxylation sites is 1. The predicted molar refractivity (Wildman–Crippen MR) is 132 cm³/mol. The summed E-state index contributed by atoms with van der Waals surface area (Å²) >= 11 is 1.06. The number of nitrogens with one attached hydrogen (secondary N) is 2. The van der Waals surface area contributed by atoms with Gasteiger partial charge in [0.15, 0.2) is 0 Å². The molecule has 0 radical (unpaired) electrons. The van der Waals surface area contributed by atoms with Gasteiger partial charge < -0.3 is 15.4 Å². The van der Waals surface area contributed by atoms with Gasteiger partial charge in [-0.2, -0.15) is 5.26 Å². The van der Waals surface area contributed by atoms with E-state index < -0.39 is 23.7 Å².